The van der Waals surface area contributed by atoms with Gasteiger partial charge >= 0.3 is 12.0 Å². The Balaban J connectivity index is 2.05. The minimum absolute atomic E-state index is 0.0156. The fourth-order valence-electron chi connectivity index (χ4n) is 2.07. The van der Waals surface area contributed by atoms with Crippen LogP contribution in [-0.4, -0.2) is 23.1 Å². The van der Waals surface area contributed by atoms with Gasteiger partial charge in [-0.2, -0.15) is 0 Å². The van der Waals surface area contributed by atoms with Crippen molar-refractivity contribution < 1.29 is 19.1 Å². The van der Waals surface area contributed by atoms with E-state index < -0.39 is 17.8 Å². The van der Waals surface area contributed by atoms with Gasteiger partial charge in [-0.1, -0.05) is 12.2 Å². The van der Waals surface area contributed by atoms with Crippen LogP contribution < -0.4 is 10.6 Å². The highest BCUT2D eigenvalue weighted by Gasteiger charge is 2.16. The van der Waals surface area contributed by atoms with Crippen LogP contribution in [0.4, 0.5) is 14.9 Å². The van der Waals surface area contributed by atoms with E-state index in [1.165, 1.54) is 0 Å². The van der Waals surface area contributed by atoms with E-state index >= 15 is 0 Å². The van der Waals surface area contributed by atoms with Crippen molar-refractivity contribution in [2.24, 2.45) is 0 Å². The van der Waals surface area contributed by atoms with E-state index in [-0.39, 0.29) is 17.3 Å². The van der Waals surface area contributed by atoms with Gasteiger partial charge in [0.1, 0.15) is 5.82 Å². The quantitative estimate of drug-likeness (QED) is 0.744. The zero-order valence-electron chi connectivity index (χ0n) is 10.7. The molecule has 6 heteroatoms. The molecular weight excluding hydrogens is 263 g/mol. The van der Waals surface area contributed by atoms with Crippen LogP contribution in [0.15, 0.2) is 30.4 Å². The summed E-state index contributed by atoms with van der Waals surface area (Å²) < 4.78 is 13.1. The van der Waals surface area contributed by atoms with Gasteiger partial charge in [-0.05, 0) is 37.5 Å². The third kappa shape index (κ3) is 3.57. The summed E-state index contributed by atoms with van der Waals surface area (Å²) in [5, 5.41) is 14.1. The molecule has 0 aromatic heterocycles. The summed E-state index contributed by atoms with van der Waals surface area (Å²) in [6.07, 6.45) is 6.50. The van der Waals surface area contributed by atoms with E-state index in [4.69, 9.17) is 5.11 Å². The second-order valence-corrected chi connectivity index (χ2v) is 4.57. The summed E-state index contributed by atoms with van der Waals surface area (Å²) in [5.41, 5.74) is -0.202. The molecule has 106 valence electrons. The van der Waals surface area contributed by atoms with Crippen molar-refractivity contribution in [3.05, 3.63) is 41.7 Å². The van der Waals surface area contributed by atoms with Crippen molar-refractivity contribution in [2.45, 2.75) is 25.3 Å². The maximum absolute atomic E-state index is 13.1. The zero-order chi connectivity index (χ0) is 14.5. The van der Waals surface area contributed by atoms with Gasteiger partial charge < -0.3 is 15.7 Å². The van der Waals surface area contributed by atoms with Crippen molar-refractivity contribution in [3.63, 3.8) is 0 Å². The molecule has 2 amide bonds. The van der Waals surface area contributed by atoms with E-state index in [0.29, 0.717) is 0 Å². The summed E-state index contributed by atoms with van der Waals surface area (Å²) in [5.74, 6) is -1.83. The predicted octanol–water partition coefficient (Wildman–Crippen LogP) is 2.75. The number of benzene rings is 1. The van der Waals surface area contributed by atoms with Gasteiger partial charge in [0.15, 0.2) is 0 Å². The molecule has 0 saturated carbocycles. The number of allylic oxidation sites excluding steroid dienone is 1. The lowest BCUT2D eigenvalue weighted by Gasteiger charge is -2.20. The average molecular weight is 278 g/mol. The monoisotopic (exact) mass is 278 g/mol. The Bertz CT molecular complexity index is 557. The number of hydrogen-bond donors (Lipinski definition) is 3. The van der Waals surface area contributed by atoms with Crippen molar-refractivity contribution >= 4 is 17.7 Å². The topological polar surface area (TPSA) is 78.4 Å². The second kappa shape index (κ2) is 6.18. The molecule has 1 aliphatic rings. The lowest BCUT2D eigenvalue weighted by molar-refractivity contribution is 0.0698. The molecular formula is C14H15FN2O3. The molecule has 0 heterocycles. The second-order valence-electron chi connectivity index (χ2n) is 4.57. The lowest BCUT2D eigenvalue weighted by atomic mass is 10.0. The summed E-state index contributed by atoms with van der Waals surface area (Å²) in [6.45, 7) is 0. The Morgan fingerprint density at radius 2 is 2.10 bits per heavy atom. The molecule has 0 bridgehead atoms. The van der Waals surface area contributed by atoms with Gasteiger partial charge in [-0.3, -0.25) is 0 Å². The molecule has 20 heavy (non-hydrogen) atoms. The van der Waals surface area contributed by atoms with E-state index in [2.05, 4.69) is 10.6 Å². The number of anilines is 1. The Morgan fingerprint density at radius 1 is 1.30 bits per heavy atom. The minimum atomic E-state index is -1.22. The van der Waals surface area contributed by atoms with E-state index in [1.54, 1.807) is 0 Å². The number of carbonyl (C=O) groups is 2. The molecule has 1 aromatic rings. The van der Waals surface area contributed by atoms with Gasteiger partial charge in [0.05, 0.1) is 11.3 Å². The molecule has 1 atom stereocenters. The fraction of sp³-hybridized carbons (Fsp3) is 0.286. The van der Waals surface area contributed by atoms with E-state index in [0.717, 1.165) is 37.5 Å². The first-order valence-corrected chi connectivity index (χ1v) is 6.31. The smallest absolute Gasteiger partial charge is 0.337 e. The van der Waals surface area contributed by atoms with Crippen LogP contribution in [0.5, 0.6) is 0 Å². The van der Waals surface area contributed by atoms with Gasteiger partial charge in [0.25, 0.3) is 0 Å². The Labute approximate surface area is 115 Å². The lowest BCUT2D eigenvalue weighted by Crippen LogP contribution is -2.38. The molecule has 0 aliphatic heterocycles. The maximum Gasteiger partial charge on any atom is 0.337 e. The highest BCUT2D eigenvalue weighted by atomic mass is 19.1. The number of rotatable bonds is 3. The van der Waals surface area contributed by atoms with Crippen molar-refractivity contribution in [1.29, 1.82) is 0 Å². The molecule has 0 saturated heterocycles. The van der Waals surface area contributed by atoms with Gasteiger partial charge in [0, 0.05) is 6.04 Å². The number of amides is 2. The van der Waals surface area contributed by atoms with Crippen molar-refractivity contribution in [3.8, 4) is 0 Å². The number of aromatic carboxylic acids is 1. The summed E-state index contributed by atoms with van der Waals surface area (Å²) in [7, 11) is 0. The fourth-order valence-corrected chi connectivity index (χ4v) is 2.07. The van der Waals surface area contributed by atoms with Gasteiger partial charge in [-0.25, -0.2) is 14.0 Å². The molecule has 0 fully saturated rings. The Kier molecular flexibility index (Phi) is 4.34. The van der Waals surface area contributed by atoms with Crippen molar-refractivity contribution in [2.75, 3.05) is 5.32 Å². The molecule has 0 spiro atoms. The first kappa shape index (κ1) is 14.0. The van der Waals surface area contributed by atoms with Crippen LogP contribution in [0.1, 0.15) is 29.6 Å². The number of carboxylic acids is 1. The first-order chi connectivity index (χ1) is 9.56. The van der Waals surface area contributed by atoms with Crippen LogP contribution in [0.3, 0.4) is 0 Å². The standard InChI is InChI=1S/C14H15FN2O3/c15-9-6-7-11(13(18)19)12(8-9)17-14(20)16-10-4-2-1-3-5-10/h1-2,6-8,10H,3-5H2,(H,18,19)(H2,16,17,20). The molecule has 1 aliphatic carbocycles. The molecule has 5 nitrogen and oxygen atoms in total. The average Bonchev–Trinajstić information content (AvgIpc) is 2.39. The SMILES string of the molecule is O=C(Nc1cc(F)ccc1C(=O)O)NC1CC=CCC1. The number of carboxylic acid groups (broad SMARTS) is 1. The maximum atomic E-state index is 13.1. The molecule has 0 radical (unpaired) electrons. The number of urea groups is 1. The van der Waals surface area contributed by atoms with Crippen LogP contribution in [-0.2, 0) is 0 Å². The zero-order valence-corrected chi connectivity index (χ0v) is 10.7. The van der Waals surface area contributed by atoms with Crippen molar-refractivity contribution in [1.82, 2.24) is 5.32 Å². The summed E-state index contributed by atoms with van der Waals surface area (Å²) in [4.78, 5) is 22.8. The Morgan fingerprint density at radius 3 is 2.75 bits per heavy atom. The minimum Gasteiger partial charge on any atom is -0.478 e. The molecule has 2 rings (SSSR count). The summed E-state index contributed by atoms with van der Waals surface area (Å²) >= 11 is 0. The molecule has 1 unspecified atom stereocenters. The van der Waals surface area contributed by atoms with Crippen LogP contribution in [0, 0.1) is 5.82 Å². The van der Waals surface area contributed by atoms with Crippen LogP contribution in [0.2, 0.25) is 0 Å². The summed E-state index contributed by atoms with van der Waals surface area (Å²) in [6, 6.07) is 2.64. The predicted molar refractivity (Wildman–Crippen MR) is 72.3 cm³/mol. The molecule has 1 aromatic carbocycles. The molecule has 3 N–H and O–H groups in total. The highest BCUT2D eigenvalue weighted by molar-refractivity contribution is 6.00. The normalized spacial score (nSPS) is 17.6. The third-order valence-electron chi connectivity index (χ3n) is 3.06. The number of hydrogen-bond acceptors (Lipinski definition) is 2. The number of nitrogens with one attached hydrogen (secondary N) is 2. The van der Waals surface area contributed by atoms with Crippen LogP contribution >= 0.6 is 0 Å². The third-order valence-corrected chi connectivity index (χ3v) is 3.06. The largest absolute Gasteiger partial charge is 0.478 e. The number of carbonyl (C=O) groups excluding carboxylic acids is 1. The van der Waals surface area contributed by atoms with E-state index in [1.807, 2.05) is 12.2 Å². The van der Waals surface area contributed by atoms with E-state index in [9.17, 15) is 14.0 Å². The van der Waals surface area contributed by atoms with Gasteiger partial charge in [0.2, 0.25) is 0 Å². The van der Waals surface area contributed by atoms with Crippen LogP contribution in [0.25, 0.3) is 0 Å². The number of halogens is 1. The first-order valence-electron chi connectivity index (χ1n) is 6.31. The Hall–Kier alpha value is -2.37. The van der Waals surface area contributed by atoms with Gasteiger partial charge in [-0.15, -0.1) is 0 Å². The highest BCUT2D eigenvalue weighted by Crippen LogP contribution is 2.17.